The van der Waals surface area contributed by atoms with Gasteiger partial charge in [-0.3, -0.25) is 9.88 Å². The summed E-state index contributed by atoms with van der Waals surface area (Å²) in [7, 11) is 0. The summed E-state index contributed by atoms with van der Waals surface area (Å²) >= 11 is 0. The van der Waals surface area contributed by atoms with Crippen molar-refractivity contribution in [1.82, 2.24) is 4.98 Å². The molecule has 1 aliphatic heterocycles. The monoisotopic (exact) mass is 339 g/mol. The maximum absolute atomic E-state index is 11.9. The molecule has 0 saturated carbocycles. The molecule has 1 fully saturated rings. The lowest BCUT2D eigenvalue weighted by atomic mass is 10.1. The number of anilines is 1. The lowest BCUT2D eigenvalue weighted by Gasteiger charge is -2.14. The molecule has 0 bridgehead atoms. The Morgan fingerprint density at radius 1 is 1.36 bits per heavy atom. The van der Waals surface area contributed by atoms with E-state index in [0.717, 1.165) is 29.7 Å². The largest absolute Gasteiger partial charge is 0.443 e. The van der Waals surface area contributed by atoms with Gasteiger partial charge in [-0.1, -0.05) is 19.1 Å². The maximum Gasteiger partial charge on any atom is 0.414 e. The second-order valence-corrected chi connectivity index (χ2v) is 5.96. The molecule has 0 spiro atoms. The molecule has 0 radical (unpaired) electrons. The Kier molecular flexibility index (Phi) is 5.09. The number of rotatable bonds is 3. The number of ether oxygens (including phenoxy) is 1. The van der Waals surface area contributed by atoms with Crippen LogP contribution in [-0.4, -0.2) is 36.6 Å². The van der Waals surface area contributed by atoms with Gasteiger partial charge in [0.2, 0.25) is 0 Å². The zero-order chi connectivity index (χ0) is 17.8. The van der Waals surface area contributed by atoms with Gasteiger partial charge in [-0.05, 0) is 29.3 Å². The quantitative estimate of drug-likeness (QED) is 0.741. The first kappa shape index (κ1) is 17.1. The number of carbonyl (C=O) groups is 2. The van der Waals surface area contributed by atoms with Crippen molar-refractivity contribution >= 4 is 18.1 Å². The van der Waals surface area contributed by atoms with Crippen molar-refractivity contribution in [3.8, 4) is 11.3 Å². The van der Waals surface area contributed by atoms with Crippen LogP contribution in [0.1, 0.15) is 24.5 Å². The highest BCUT2D eigenvalue weighted by Gasteiger charge is 2.32. The molecule has 1 aromatic carbocycles. The van der Waals surface area contributed by atoms with E-state index in [1.165, 1.54) is 11.1 Å². The van der Waals surface area contributed by atoms with E-state index in [9.17, 15) is 9.59 Å². The number of nitrogens with two attached hydrogens (primary N) is 1. The van der Waals surface area contributed by atoms with Crippen LogP contribution in [0.25, 0.3) is 11.3 Å². The zero-order valence-corrected chi connectivity index (χ0v) is 14.1. The van der Waals surface area contributed by atoms with Crippen LogP contribution in [0.3, 0.4) is 0 Å². The van der Waals surface area contributed by atoms with Gasteiger partial charge in [0, 0.05) is 36.8 Å². The van der Waals surface area contributed by atoms with E-state index in [4.69, 9.17) is 10.5 Å². The molecular weight excluding hydrogens is 318 g/mol. The smallest absolute Gasteiger partial charge is 0.414 e. The molecule has 2 heterocycles. The first-order chi connectivity index (χ1) is 12.2. The van der Waals surface area contributed by atoms with Gasteiger partial charge in [-0.25, -0.2) is 4.79 Å². The number of amides is 1. The highest BCUT2D eigenvalue weighted by atomic mass is 16.6. The molecule has 1 atom stereocenters. The summed E-state index contributed by atoms with van der Waals surface area (Å²) in [6.45, 7) is 2.68. The average Bonchev–Trinajstić information content (AvgIpc) is 3.21. The minimum atomic E-state index is -0.320. The van der Waals surface area contributed by atoms with Crippen molar-refractivity contribution < 1.29 is 14.3 Å². The van der Waals surface area contributed by atoms with Crippen LogP contribution in [0.4, 0.5) is 10.5 Å². The molecule has 4 rings (SSSR count). The Labute approximate surface area is 146 Å². The van der Waals surface area contributed by atoms with Crippen LogP contribution in [0, 0.1) is 0 Å². The molecular formula is C19H21N3O3. The maximum atomic E-state index is 11.9. The number of hydrogen-bond donors (Lipinski definition) is 1. The van der Waals surface area contributed by atoms with Crippen LogP contribution in [0.5, 0.6) is 0 Å². The molecule has 1 unspecified atom stereocenters. The fraction of sp³-hybridized carbons (Fsp3) is 0.316. The van der Waals surface area contributed by atoms with Gasteiger partial charge in [0.25, 0.3) is 0 Å². The van der Waals surface area contributed by atoms with E-state index in [2.05, 4.69) is 17.1 Å². The SMILES string of the molecule is CCC=O.NCC1CN(c2ccc3c(c2)Cc2cccnc2-3)C(=O)O1. The van der Waals surface area contributed by atoms with Crippen molar-refractivity contribution in [2.24, 2.45) is 5.73 Å². The van der Waals surface area contributed by atoms with Gasteiger partial charge >= 0.3 is 6.09 Å². The molecule has 2 aromatic rings. The summed E-state index contributed by atoms with van der Waals surface area (Å²) in [4.78, 5) is 27.2. The first-order valence-electron chi connectivity index (χ1n) is 8.37. The van der Waals surface area contributed by atoms with Crippen LogP contribution in [0.15, 0.2) is 36.5 Å². The molecule has 25 heavy (non-hydrogen) atoms. The number of benzene rings is 1. The van der Waals surface area contributed by atoms with E-state index in [0.29, 0.717) is 19.5 Å². The van der Waals surface area contributed by atoms with Gasteiger partial charge in [0.1, 0.15) is 12.4 Å². The van der Waals surface area contributed by atoms with Crippen molar-refractivity contribution in [2.45, 2.75) is 25.9 Å². The van der Waals surface area contributed by atoms with E-state index >= 15 is 0 Å². The summed E-state index contributed by atoms with van der Waals surface area (Å²) in [5.74, 6) is 0. The summed E-state index contributed by atoms with van der Waals surface area (Å²) in [6, 6.07) is 10.1. The molecule has 2 N–H and O–H groups in total. The Morgan fingerprint density at radius 3 is 2.84 bits per heavy atom. The third-order valence-electron chi connectivity index (χ3n) is 4.23. The van der Waals surface area contributed by atoms with Crippen molar-refractivity contribution in [3.63, 3.8) is 0 Å². The standard InChI is InChI=1S/C16H15N3O2.C3H6O/c17-8-13-9-19(16(20)21-13)12-3-4-14-11(7-12)6-10-2-1-5-18-15(10)14;1-2-3-4/h1-5,7,13H,6,8-9,17H2;3H,2H2,1H3. The average molecular weight is 339 g/mol. The fourth-order valence-corrected chi connectivity index (χ4v) is 3.01. The number of pyridine rings is 1. The highest BCUT2D eigenvalue weighted by molar-refractivity contribution is 5.91. The van der Waals surface area contributed by atoms with Crippen molar-refractivity contribution in [3.05, 3.63) is 47.7 Å². The summed E-state index contributed by atoms with van der Waals surface area (Å²) in [6.07, 6.45) is 3.64. The second kappa shape index (κ2) is 7.44. The Hall–Kier alpha value is -2.73. The van der Waals surface area contributed by atoms with E-state index in [1.807, 2.05) is 31.3 Å². The number of hydrogen-bond acceptors (Lipinski definition) is 5. The third kappa shape index (κ3) is 3.39. The Bertz CT molecular complexity index is 791. The number of nitrogens with zero attached hydrogens (tertiary/aromatic N) is 2. The molecule has 1 saturated heterocycles. The first-order valence-corrected chi connectivity index (χ1v) is 8.37. The summed E-state index contributed by atoms with van der Waals surface area (Å²) in [5, 5.41) is 0. The van der Waals surface area contributed by atoms with Gasteiger partial charge in [0.15, 0.2) is 0 Å². The zero-order valence-electron chi connectivity index (χ0n) is 14.1. The molecule has 130 valence electrons. The third-order valence-corrected chi connectivity index (χ3v) is 4.23. The number of carbonyl (C=O) groups excluding carboxylic acids is 2. The molecule has 1 aromatic heterocycles. The van der Waals surface area contributed by atoms with Gasteiger partial charge in [-0.2, -0.15) is 0 Å². The normalized spacial score (nSPS) is 17.3. The lowest BCUT2D eigenvalue weighted by molar-refractivity contribution is -0.107. The van der Waals surface area contributed by atoms with E-state index in [-0.39, 0.29) is 12.2 Å². The van der Waals surface area contributed by atoms with E-state index in [1.54, 1.807) is 4.90 Å². The lowest BCUT2D eigenvalue weighted by Crippen LogP contribution is -2.27. The van der Waals surface area contributed by atoms with E-state index < -0.39 is 0 Å². The van der Waals surface area contributed by atoms with Crippen LogP contribution < -0.4 is 10.6 Å². The minimum absolute atomic E-state index is 0.218. The minimum Gasteiger partial charge on any atom is -0.443 e. The molecule has 2 aliphatic rings. The molecule has 6 nitrogen and oxygen atoms in total. The van der Waals surface area contributed by atoms with Crippen molar-refractivity contribution in [1.29, 1.82) is 0 Å². The van der Waals surface area contributed by atoms with Crippen LogP contribution in [0.2, 0.25) is 0 Å². The highest BCUT2D eigenvalue weighted by Crippen LogP contribution is 2.37. The Balaban J connectivity index is 0.000000415. The number of cyclic esters (lactones) is 1. The predicted octanol–water partition coefficient (Wildman–Crippen LogP) is 2.53. The fourth-order valence-electron chi connectivity index (χ4n) is 3.01. The van der Waals surface area contributed by atoms with Crippen molar-refractivity contribution in [2.75, 3.05) is 18.0 Å². The molecule has 6 heteroatoms. The predicted molar refractivity (Wildman–Crippen MR) is 95.5 cm³/mol. The van der Waals surface area contributed by atoms with Crippen LogP contribution in [-0.2, 0) is 16.0 Å². The molecule has 1 amide bonds. The summed E-state index contributed by atoms with van der Waals surface area (Å²) < 4.78 is 5.21. The number of aromatic nitrogens is 1. The van der Waals surface area contributed by atoms with Gasteiger partial charge < -0.3 is 15.3 Å². The second-order valence-electron chi connectivity index (χ2n) is 5.96. The number of aldehydes is 1. The van der Waals surface area contributed by atoms with Gasteiger partial charge in [0.05, 0.1) is 12.2 Å². The summed E-state index contributed by atoms with van der Waals surface area (Å²) in [5.41, 5.74) is 11.1. The topological polar surface area (TPSA) is 85.5 Å². The number of fused-ring (bicyclic) bond motifs is 3. The van der Waals surface area contributed by atoms with Crippen LogP contribution >= 0.6 is 0 Å². The molecule has 1 aliphatic carbocycles. The van der Waals surface area contributed by atoms with Gasteiger partial charge in [-0.15, -0.1) is 0 Å². The Morgan fingerprint density at radius 2 is 2.16 bits per heavy atom.